The Labute approximate surface area is 125 Å². The molecule has 4 rings (SSSR count). The summed E-state index contributed by atoms with van der Waals surface area (Å²) in [6.07, 6.45) is 0.981. The Bertz CT molecular complexity index is 803. The zero-order valence-electron chi connectivity index (χ0n) is 11.6. The van der Waals surface area contributed by atoms with Crippen LogP contribution in [0.1, 0.15) is 23.7 Å². The molecule has 0 amide bonds. The molecule has 0 bridgehead atoms. The van der Waals surface area contributed by atoms with E-state index in [4.69, 9.17) is 10.5 Å². The normalized spacial score (nSPS) is 18.6. The predicted molar refractivity (Wildman–Crippen MR) is 81.4 cm³/mol. The lowest BCUT2D eigenvalue weighted by Crippen LogP contribution is -2.04. The fourth-order valence-corrected chi connectivity index (χ4v) is 3.39. The number of hydrogen-bond acceptors (Lipinski definition) is 6. The highest BCUT2D eigenvalue weighted by atomic mass is 32.1. The summed E-state index contributed by atoms with van der Waals surface area (Å²) >= 11 is 1.54. The Kier molecular flexibility index (Phi) is 2.90. The van der Waals surface area contributed by atoms with Gasteiger partial charge in [0, 0.05) is 23.8 Å². The van der Waals surface area contributed by atoms with Crippen molar-refractivity contribution in [2.75, 3.05) is 18.9 Å². The van der Waals surface area contributed by atoms with Crippen LogP contribution in [-0.4, -0.2) is 33.0 Å². The summed E-state index contributed by atoms with van der Waals surface area (Å²) in [7, 11) is 0. The first-order chi connectivity index (χ1) is 10.2. The van der Waals surface area contributed by atoms with Crippen molar-refractivity contribution in [1.82, 2.24) is 19.8 Å². The molecule has 0 spiro atoms. The first kappa shape index (κ1) is 12.7. The Hall–Kier alpha value is -1.99. The van der Waals surface area contributed by atoms with Crippen LogP contribution in [0.15, 0.2) is 18.2 Å². The molecule has 1 saturated heterocycles. The number of hydrogen-bond donors (Lipinski definition) is 1. The molecule has 3 aromatic rings. The lowest BCUT2D eigenvalue weighted by Gasteiger charge is -2.03. The maximum Gasteiger partial charge on any atom is 0.234 e. The summed E-state index contributed by atoms with van der Waals surface area (Å²) < 4.78 is 7.28. The Morgan fingerprint density at radius 3 is 3.05 bits per heavy atom. The molecule has 2 aromatic heterocycles. The van der Waals surface area contributed by atoms with Crippen LogP contribution in [0.3, 0.4) is 0 Å². The molecule has 1 aliphatic rings. The first-order valence-corrected chi connectivity index (χ1v) is 7.70. The maximum atomic E-state index is 5.87. The Morgan fingerprint density at radius 1 is 1.38 bits per heavy atom. The van der Waals surface area contributed by atoms with Crippen molar-refractivity contribution >= 4 is 22.0 Å². The second-order valence-corrected chi connectivity index (χ2v) is 6.25. The SMILES string of the molecule is Cc1cc(-c2nn3c(C4CCOC4)nnc3s2)ccc1N. The smallest absolute Gasteiger partial charge is 0.234 e. The van der Waals surface area contributed by atoms with E-state index in [1.807, 2.05) is 23.6 Å². The summed E-state index contributed by atoms with van der Waals surface area (Å²) in [4.78, 5) is 0.821. The van der Waals surface area contributed by atoms with Gasteiger partial charge in [0.15, 0.2) is 5.82 Å². The van der Waals surface area contributed by atoms with E-state index in [1.165, 1.54) is 0 Å². The molecule has 7 heteroatoms. The fraction of sp³-hybridized carbons (Fsp3) is 0.357. The zero-order chi connectivity index (χ0) is 14.4. The van der Waals surface area contributed by atoms with Crippen LogP contribution in [0.25, 0.3) is 15.5 Å². The molecule has 0 aliphatic carbocycles. The third-order valence-corrected chi connectivity index (χ3v) is 4.77. The monoisotopic (exact) mass is 301 g/mol. The molecule has 6 nitrogen and oxygen atoms in total. The highest BCUT2D eigenvalue weighted by molar-refractivity contribution is 7.19. The van der Waals surface area contributed by atoms with Crippen LogP contribution < -0.4 is 5.73 Å². The molecule has 21 heavy (non-hydrogen) atoms. The van der Waals surface area contributed by atoms with Crippen LogP contribution in [0.5, 0.6) is 0 Å². The van der Waals surface area contributed by atoms with Crippen LogP contribution in [0.4, 0.5) is 5.69 Å². The summed E-state index contributed by atoms with van der Waals surface area (Å²) in [6.45, 7) is 3.49. The maximum absolute atomic E-state index is 5.87. The highest BCUT2D eigenvalue weighted by Crippen LogP contribution is 2.30. The summed E-state index contributed by atoms with van der Waals surface area (Å²) in [6, 6.07) is 5.96. The third-order valence-electron chi connectivity index (χ3n) is 3.83. The lowest BCUT2D eigenvalue weighted by atomic mass is 10.1. The molecule has 1 aromatic carbocycles. The van der Waals surface area contributed by atoms with Gasteiger partial charge in [0.1, 0.15) is 5.01 Å². The fourth-order valence-electron chi connectivity index (χ4n) is 2.55. The van der Waals surface area contributed by atoms with Gasteiger partial charge in [0.25, 0.3) is 0 Å². The van der Waals surface area contributed by atoms with Gasteiger partial charge in [-0.25, -0.2) is 0 Å². The van der Waals surface area contributed by atoms with Gasteiger partial charge in [-0.3, -0.25) is 0 Å². The molecule has 1 unspecified atom stereocenters. The van der Waals surface area contributed by atoms with Gasteiger partial charge in [0.2, 0.25) is 4.96 Å². The summed E-state index contributed by atoms with van der Waals surface area (Å²) in [5.74, 6) is 1.19. The van der Waals surface area contributed by atoms with Crippen LogP contribution in [-0.2, 0) is 4.74 Å². The molecule has 1 aliphatic heterocycles. The number of aryl methyl sites for hydroxylation is 1. The van der Waals surface area contributed by atoms with Gasteiger partial charge >= 0.3 is 0 Å². The van der Waals surface area contributed by atoms with Crippen LogP contribution >= 0.6 is 11.3 Å². The van der Waals surface area contributed by atoms with Gasteiger partial charge in [-0.15, -0.1) is 10.2 Å². The summed E-state index contributed by atoms with van der Waals surface area (Å²) in [5, 5.41) is 14.1. The molecule has 2 N–H and O–H groups in total. The van der Waals surface area contributed by atoms with Crippen molar-refractivity contribution in [2.24, 2.45) is 0 Å². The zero-order valence-corrected chi connectivity index (χ0v) is 12.4. The molecule has 1 fully saturated rings. The van der Waals surface area contributed by atoms with E-state index in [9.17, 15) is 0 Å². The minimum absolute atomic E-state index is 0.295. The number of rotatable bonds is 2. The second kappa shape index (κ2) is 4.78. The number of ether oxygens (including phenoxy) is 1. The van der Waals surface area contributed by atoms with E-state index >= 15 is 0 Å². The number of nitrogens with zero attached hydrogens (tertiary/aromatic N) is 4. The largest absolute Gasteiger partial charge is 0.399 e. The van der Waals surface area contributed by atoms with Crippen LogP contribution in [0.2, 0.25) is 0 Å². The Balaban J connectivity index is 1.78. The van der Waals surface area contributed by atoms with Crippen molar-refractivity contribution in [3.05, 3.63) is 29.6 Å². The molecular formula is C14H15N5OS. The van der Waals surface area contributed by atoms with Crippen LogP contribution in [0, 0.1) is 6.92 Å². The van der Waals surface area contributed by atoms with E-state index in [0.29, 0.717) is 12.5 Å². The topological polar surface area (TPSA) is 78.3 Å². The van der Waals surface area contributed by atoms with Gasteiger partial charge in [0.05, 0.1) is 6.61 Å². The number of anilines is 1. The van der Waals surface area contributed by atoms with Gasteiger partial charge in [-0.2, -0.15) is 9.61 Å². The van der Waals surface area contributed by atoms with Gasteiger partial charge < -0.3 is 10.5 Å². The average Bonchev–Trinajstić information content (AvgIpc) is 3.16. The lowest BCUT2D eigenvalue weighted by molar-refractivity contribution is 0.193. The van der Waals surface area contributed by atoms with Crippen molar-refractivity contribution < 1.29 is 4.74 Å². The number of fused-ring (bicyclic) bond motifs is 1. The molecular weight excluding hydrogens is 286 g/mol. The van der Waals surface area contributed by atoms with E-state index in [-0.39, 0.29) is 0 Å². The third kappa shape index (κ3) is 2.09. The number of nitrogen functional groups attached to an aromatic ring is 1. The number of benzene rings is 1. The van der Waals surface area contributed by atoms with E-state index in [1.54, 1.807) is 11.3 Å². The summed E-state index contributed by atoms with van der Waals surface area (Å²) in [5.41, 5.74) is 8.79. The van der Waals surface area contributed by atoms with Gasteiger partial charge in [-0.1, -0.05) is 11.3 Å². The highest BCUT2D eigenvalue weighted by Gasteiger charge is 2.25. The minimum Gasteiger partial charge on any atom is -0.399 e. The molecule has 1 atom stereocenters. The number of nitrogens with two attached hydrogens (primary N) is 1. The Morgan fingerprint density at radius 2 is 2.29 bits per heavy atom. The van der Waals surface area contributed by atoms with Crippen molar-refractivity contribution in [1.29, 1.82) is 0 Å². The average molecular weight is 301 g/mol. The number of aromatic nitrogens is 4. The van der Waals surface area contributed by atoms with Gasteiger partial charge in [-0.05, 0) is 37.1 Å². The van der Waals surface area contributed by atoms with Crippen molar-refractivity contribution in [3.63, 3.8) is 0 Å². The molecule has 0 radical (unpaired) electrons. The minimum atomic E-state index is 0.295. The van der Waals surface area contributed by atoms with E-state index in [0.717, 1.165) is 45.6 Å². The molecule has 108 valence electrons. The van der Waals surface area contributed by atoms with E-state index in [2.05, 4.69) is 21.4 Å². The van der Waals surface area contributed by atoms with Crippen molar-refractivity contribution in [3.8, 4) is 10.6 Å². The second-order valence-electron chi connectivity index (χ2n) is 5.29. The predicted octanol–water partition coefficient (Wildman–Crippen LogP) is 2.25. The first-order valence-electron chi connectivity index (χ1n) is 6.89. The quantitative estimate of drug-likeness (QED) is 0.734. The molecule has 0 saturated carbocycles. The van der Waals surface area contributed by atoms with Crippen molar-refractivity contribution in [2.45, 2.75) is 19.3 Å². The van der Waals surface area contributed by atoms with E-state index < -0.39 is 0 Å². The molecule has 3 heterocycles. The standard InChI is InChI=1S/C14H15N5OS/c1-8-6-9(2-3-11(8)15)13-18-19-12(10-4-5-20-7-10)16-17-14(19)21-13/h2-3,6,10H,4-5,7,15H2,1H3.